The predicted molar refractivity (Wildman–Crippen MR) is 102 cm³/mol. The second kappa shape index (κ2) is 7.04. The molecule has 1 amide bonds. The number of H-pyrrole nitrogens is 1. The van der Waals surface area contributed by atoms with E-state index in [1.165, 1.54) is 12.1 Å². The van der Waals surface area contributed by atoms with Crippen LogP contribution in [-0.2, 0) is 11.2 Å². The van der Waals surface area contributed by atoms with Crippen LogP contribution in [0, 0.1) is 5.82 Å². The lowest BCUT2D eigenvalue weighted by atomic mass is 10.2. The molecule has 4 aromatic rings. The van der Waals surface area contributed by atoms with Crippen molar-refractivity contribution in [3.05, 3.63) is 64.9 Å². The number of benzene rings is 2. The maximum Gasteiger partial charge on any atom is 0.221 e. The summed E-state index contributed by atoms with van der Waals surface area (Å²) in [5, 5.41) is 4.20. The number of fused-ring (bicyclic) bond motifs is 2. The van der Waals surface area contributed by atoms with Gasteiger partial charge in [0.05, 0.1) is 17.1 Å². The highest BCUT2D eigenvalue weighted by Gasteiger charge is 2.15. The molecule has 4 rings (SSSR count). The number of carbonyl (C=O) groups is 1. The lowest BCUT2D eigenvalue weighted by molar-refractivity contribution is -0.121. The number of aromatic amines is 1. The van der Waals surface area contributed by atoms with Crippen LogP contribution in [0.5, 0.6) is 0 Å². The Balaban J connectivity index is 1.38. The number of nitrogens with one attached hydrogen (secondary N) is 2. The van der Waals surface area contributed by atoms with Gasteiger partial charge in [-0.2, -0.15) is 0 Å². The molecule has 5 nitrogen and oxygen atoms in total. The second-order valence-corrected chi connectivity index (χ2v) is 6.90. The van der Waals surface area contributed by atoms with Crippen LogP contribution >= 0.6 is 11.6 Å². The van der Waals surface area contributed by atoms with Crippen molar-refractivity contribution in [3.63, 3.8) is 0 Å². The zero-order chi connectivity index (χ0) is 19.0. The van der Waals surface area contributed by atoms with E-state index in [1.54, 1.807) is 24.3 Å². The summed E-state index contributed by atoms with van der Waals surface area (Å²) in [5.41, 5.74) is 2.26. The van der Waals surface area contributed by atoms with Crippen LogP contribution in [0.4, 0.5) is 4.39 Å². The molecule has 0 aliphatic heterocycles. The molecule has 2 aromatic carbocycles. The molecule has 138 valence electrons. The number of carbonyl (C=O) groups excluding carboxylic acids is 1. The quantitative estimate of drug-likeness (QED) is 0.512. The fourth-order valence-corrected chi connectivity index (χ4v) is 3.19. The topological polar surface area (TPSA) is 70.9 Å². The van der Waals surface area contributed by atoms with Crippen LogP contribution in [0.2, 0.25) is 5.02 Å². The highest BCUT2D eigenvalue weighted by atomic mass is 35.5. The standard InChI is InChI=1S/C20H17ClFN3O2/c1-11(18-9-12-8-14(22)3-5-17(12)27-18)23-20(26)7-6-19-24-15-4-2-13(21)10-16(15)25-19/h2-5,8-11H,6-7H2,1H3,(H,23,26)(H,24,25). The van der Waals surface area contributed by atoms with Gasteiger partial charge >= 0.3 is 0 Å². The van der Waals surface area contributed by atoms with Gasteiger partial charge < -0.3 is 14.7 Å². The average molecular weight is 386 g/mol. The zero-order valence-corrected chi connectivity index (χ0v) is 15.3. The monoisotopic (exact) mass is 385 g/mol. The molecule has 0 saturated carbocycles. The molecule has 1 unspecified atom stereocenters. The van der Waals surface area contributed by atoms with E-state index in [2.05, 4.69) is 15.3 Å². The number of hydrogen-bond acceptors (Lipinski definition) is 3. The first-order chi connectivity index (χ1) is 13.0. The number of hydrogen-bond donors (Lipinski definition) is 2. The van der Waals surface area contributed by atoms with Gasteiger partial charge in [-0.1, -0.05) is 11.6 Å². The summed E-state index contributed by atoms with van der Waals surface area (Å²) in [6.07, 6.45) is 0.767. The molecular formula is C20H17ClFN3O2. The van der Waals surface area contributed by atoms with E-state index in [9.17, 15) is 9.18 Å². The summed E-state index contributed by atoms with van der Waals surface area (Å²) in [6.45, 7) is 1.83. The minimum atomic E-state index is -0.321. The fraction of sp³-hybridized carbons (Fsp3) is 0.200. The zero-order valence-electron chi connectivity index (χ0n) is 14.6. The molecule has 2 aromatic heterocycles. The fourth-order valence-electron chi connectivity index (χ4n) is 3.02. The van der Waals surface area contributed by atoms with Gasteiger partial charge in [-0.15, -0.1) is 0 Å². The van der Waals surface area contributed by atoms with Crippen molar-refractivity contribution in [2.45, 2.75) is 25.8 Å². The molecule has 0 spiro atoms. The van der Waals surface area contributed by atoms with E-state index in [1.807, 2.05) is 13.0 Å². The van der Waals surface area contributed by atoms with E-state index in [0.717, 1.165) is 16.9 Å². The van der Waals surface area contributed by atoms with E-state index in [4.69, 9.17) is 16.0 Å². The van der Waals surface area contributed by atoms with Gasteiger partial charge in [0.2, 0.25) is 5.91 Å². The number of aryl methyl sites for hydroxylation is 1. The van der Waals surface area contributed by atoms with Gasteiger partial charge in [0.1, 0.15) is 23.0 Å². The Morgan fingerprint density at radius 3 is 3.00 bits per heavy atom. The number of imidazole rings is 1. The maximum atomic E-state index is 13.3. The van der Waals surface area contributed by atoms with Gasteiger partial charge in [0.15, 0.2) is 0 Å². The van der Waals surface area contributed by atoms with Crippen molar-refractivity contribution in [1.82, 2.24) is 15.3 Å². The van der Waals surface area contributed by atoms with Crippen LogP contribution in [0.15, 0.2) is 46.9 Å². The smallest absolute Gasteiger partial charge is 0.221 e. The van der Waals surface area contributed by atoms with Crippen molar-refractivity contribution in [1.29, 1.82) is 0 Å². The summed E-state index contributed by atoms with van der Waals surface area (Å²) < 4.78 is 19.0. The largest absolute Gasteiger partial charge is 0.459 e. The number of rotatable bonds is 5. The third-order valence-electron chi connectivity index (χ3n) is 4.38. The molecule has 1 atom stereocenters. The SMILES string of the molecule is CC(NC(=O)CCc1nc2ccc(Cl)cc2[nH]1)c1cc2cc(F)ccc2o1. The normalized spacial score (nSPS) is 12.6. The van der Waals surface area contributed by atoms with E-state index in [-0.39, 0.29) is 24.2 Å². The highest BCUT2D eigenvalue weighted by molar-refractivity contribution is 6.31. The first-order valence-corrected chi connectivity index (χ1v) is 8.98. The molecule has 0 radical (unpaired) electrons. The van der Waals surface area contributed by atoms with E-state index >= 15 is 0 Å². The summed E-state index contributed by atoms with van der Waals surface area (Å²) in [4.78, 5) is 19.9. The van der Waals surface area contributed by atoms with Gasteiger partial charge in [-0.05, 0) is 49.4 Å². The Bertz CT molecular complexity index is 1130. The Kier molecular flexibility index (Phi) is 4.58. The van der Waals surface area contributed by atoms with Crippen LogP contribution < -0.4 is 5.32 Å². The third-order valence-corrected chi connectivity index (χ3v) is 4.62. The summed E-state index contributed by atoms with van der Waals surface area (Å²) in [7, 11) is 0. The molecule has 27 heavy (non-hydrogen) atoms. The van der Waals surface area contributed by atoms with Crippen molar-refractivity contribution in [2.24, 2.45) is 0 Å². The van der Waals surface area contributed by atoms with Crippen molar-refractivity contribution >= 4 is 39.5 Å². The highest BCUT2D eigenvalue weighted by Crippen LogP contribution is 2.24. The molecule has 2 heterocycles. The Morgan fingerprint density at radius 1 is 1.30 bits per heavy atom. The van der Waals surface area contributed by atoms with Gasteiger partial charge in [0, 0.05) is 23.3 Å². The Hall–Kier alpha value is -2.86. The van der Waals surface area contributed by atoms with Crippen molar-refractivity contribution in [3.8, 4) is 0 Å². The molecular weight excluding hydrogens is 369 g/mol. The molecule has 0 aliphatic rings. The third kappa shape index (κ3) is 3.80. The molecule has 0 aliphatic carbocycles. The molecule has 7 heteroatoms. The molecule has 0 saturated heterocycles. The predicted octanol–water partition coefficient (Wildman–Crippen LogP) is 4.91. The number of halogens is 2. The molecule has 2 N–H and O–H groups in total. The first kappa shape index (κ1) is 17.5. The van der Waals surface area contributed by atoms with Crippen molar-refractivity contribution < 1.29 is 13.6 Å². The lowest BCUT2D eigenvalue weighted by Crippen LogP contribution is -2.26. The first-order valence-electron chi connectivity index (χ1n) is 8.60. The minimum Gasteiger partial charge on any atom is -0.459 e. The summed E-state index contributed by atoms with van der Waals surface area (Å²) >= 11 is 5.97. The Morgan fingerprint density at radius 2 is 2.15 bits per heavy atom. The maximum absolute atomic E-state index is 13.3. The van der Waals surface area contributed by atoms with Gasteiger partial charge in [0.25, 0.3) is 0 Å². The summed E-state index contributed by atoms with van der Waals surface area (Å²) in [5.74, 6) is 0.878. The number of aromatic nitrogens is 2. The molecule has 0 bridgehead atoms. The van der Waals surface area contributed by atoms with E-state index in [0.29, 0.717) is 28.2 Å². The van der Waals surface area contributed by atoms with Crippen molar-refractivity contribution in [2.75, 3.05) is 0 Å². The van der Waals surface area contributed by atoms with Gasteiger partial charge in [-0.25, -0.2) is 9.37 Å². The van der Waals surface area contributed by atoms with Gasteiger partial charge in [-0.3, -0.25) is 4.79 Å². The Labute approximate surface area is 159 Å². The molecule has 0 fully saturated rings. The summed E-state index contributed by atoms with van der Waals surface area (Å²) in [6, 6.07) is 11.2. The number of nitrogens with zero attached hydrogens (tertiary/aromatic N) is 1. The van der Waals surface area contributed by atoms with Crippen LogP contribution in [-0.4, -0.2) is 15.9 Å². The lowest BCUT2D eigenvalue weighted by Gasteiger charge is -2.10. The number of furan rings is 1. The van der Waals surface area contributed by atoms with Crippen LogP contribution in [0.1, 0.15) is 31.0 Å². The number of amides is 1. The van der Waals surface area contributed by atoms with Crippen LogP contribution in [0.25, 0.3) is 22.0 Å². The van der Waals surface area contributed by atoms with E-state index < -0.39 is 0 Å². The minimum absolute atomic E-state index is 0.118. The second-order valence-electron chi connectivity index (χ2n) is 6.47. The van der Waals surface area contributed by atoms with Crippen LogP contribution in [0.3, 0.4) is 0 Å². The average Bonchev–Trinajstić information content (AvgIpc) is 3.22.